The Kier molecular flexibility index (Phi) is 3.82. The Morgan fingerprint density at radius 2 is 2.18 bits per heavy atom. The zero-order chi connectivity index (χ0) is 15.5. The lowest BCUT2D eigenvalue weighted by Crippen LogP contribution is -2.42. The number of pyridine rings is 1. The van der Waals surface area contributed by atoms with Gasteiger partial charge in [0.1, 0.15) is 12.7 Å². The maximum atomic E-state index is 12.4. The SMILES string of the molecule is O=C(O)[C@H]1CCCN(C(=O)c2ccc(-n3cncn3)nc2)C1. The van der Waals surface area contributed by atoms with Gasteiger partial charge in [-0.25, -0.2) is 14.6 Å². The van der Waals surface area contributed by atoms with Gasteiger partial charge in [-0.2, -0.15) is 5.10 Å². The zero-order valence-corrected chi connectivity index (χ0v) is 11.8. The molecule has 0 spiro atoms. The highest BCUT2D eigenvalue weighted by molar-refractivity contribution is 5.94. The van der Waals surface area contributed by atoms with Crippen molar-refractivity contribution < 1.29 is 14.7 Å². The van der Waals surface area contributed by atoms with Crippen molar-refractivity contribution in [3.05, 3.63) is 36.5 Å². The van der Waals surface area contributed by atoms with Crippen molar-refractivity contribution in [2.45, 2.75) is 12.8 Å². The molecule has 0 unspecified atom stereocenters. The number of carboxylic acid groups (broad SMARTS) is 1. The fraction of sp³-hybridized carbons (Fsp3) is 0.357. The van der Waals surface area contributed by atoms with E-state index < -0.39 is 11.9 Å². The lowest BCUT2D eigenvalue weighted by Gasteiger charge is -2.30. The van der Waals surface area contributed by atoms with Crippen molar-refractivity contribution in [3.63, 3.8) is 0 Å². The van der Waals surface area contributed by atoms with Gasteiger partial charge in [0.2, 0.25) is 0 Å². The third kappa shape index (κ3) is 2.80. The predicted molar refractivity (Wildman–Crippen MR) is 75.4 cm³/mol. The lowest BCUT2D eigenvalue weighted by molar-refractivity contribution is -0.143. The van der Waals surface area contributed by atoms with E-state index in [2.05, 4.69) is 15.1 Å². The Morgan fingerprint density at radius 3 is 2.82 bits per heavy atom. The molecule has 8 nitrogen and oxygen atoms in total. The molecule has 1 aliphatic heterocycles. The number of carbonyl (C=O) groups is 2. The van der Waals surface area contributed by atoms with Crippen LogP contribution in [0.4, 0.5) is 0 Å². The van der Waals surface area contributed by atoms with E-state index in [-0.39, 0.29) is 12.5 Å². The van der Waals surface area contributed by atoms with Gasteiger partial charge >= 0.3 is 5.97 Å². The first kappa shape index (κ1) is 14.2. The van der Waals surface area contributed by atoms with Gasteiger partial charge in [0.15, 0.2) is 5.82 Å². The summed E-state index contributed by atoms with van der Waals surface area (Å²) in [5, 5.41) is 13.0. The molecule has 1 N–H and O–H groups in total. The fourth-order valence-electron chi connectivity index (χ4n) is 2.52. The average molecular weight is 301 g/mol. The molecule has 114 valence electrons. The molecule has 3 rings (SSSR count). The molecular formula is C14H15N5O3. The highest BCUT2D eigenvalue weighted by Crippen LogP contribution is 2.19. The first-order valence-corrected chi connectivity index (χ1v) is 6.98. The maximum Gasteiger partial charge on any atom is 0.308 e. The summed E-state index contributed by atoms with van der Waals surface area (Å²) in [7, 11) is 0. The number of likely N-dealkylation sites (tertiary alicyclic amines) is 1. The number of amides is 1. The Morgan fingerprint density at radius 1 is 1.32 bits per heavy atom. The molecule has 1 amide bonds. The third-order valence-corrected chi connectivity index (χ3v) is 3.71. The van der Waals surface area contributed by atoms with Crippen molar-refractivity contribution >= 4 is 11.9 Å². The van der Waals surface area contributed by atoms with Gasteiger partial charge in [-0.15, -0.1) is 0 Å². The van der Waals surface area contributed by atoms with Crippen molar-refractivity contribution in [1.29, 1.82) is 0 Å². The second-order valence-electron chi connectivity index (χ2n) is 5.17. The number of carbonyl (C=O) groups excluding carboxylic acids is 1. The van der Waals surface area contributed by atoms with Crippen LogP contribution in [0.15, 0.2) is 31.0 Å². The van der Waals surface area contributed by atoms with E-state index in [1.54, 1.807) is 17.0 Å². The molecule has 0 aromatic carbocycles. The Labute approximate surface area is 126 Å². The molecule has 22 heavy (non-hydrogen) atoms. The predicted octanol–water partition coefficient (Wildman–Crippen LogP) is 0.599. The first-order valence-electron chi connectivity index (χ1n) is 6.98. The maximum absolute atomic E-state index is 12.4. The number of nitrogens with zero attached hydrogens (tertiary/aromatic N) is 5. The van der Waals surface area contributed by atoms with Crippen LogP contribution < -0.4 is 0 Å². The molecule has 0 bridgehead atoms. The minimum absolute atomic E-state index is 0.191. The highest BCUT2D eigenvalue weighted by Gasteiger charge is 2.28. The normalized spacial score (nSPS) is 18.2. The molecule has 0 aliphatic carbocycles. The van der Waals surface area contributed by atoms with Crippen LogP contribution in [0.25, 0.3) is 5.82 Å². The summed E-state index contributed by atoms with van der Waals surface area (Å²) in [4.78, 5) is 33.1. The summed E-state index contributed by atoms with van der Waals surface area (Å²) in [6.45, 7) is 0.826. The summed E-state index contributed by atoms with van der Waals surface area (Å²) in [6.07, 6.45) is 5.71. The molecule has 1 atom stereocenters. The number of hydrogen-bond donors (Lipinski definition) is 1. The van der Waals surface area contributed by atoms with E-state index in [4.69, 9.17) is 5.11 Å². The van der Waals surface area contributed by atoms with Crippen LogP contribution in [0, 0.1) is 5.92 Å². The average Bonchev–Trinajstić information content (AvgIpc) is 3.09. The van der Waals surface area contributed by atoms with E-state index >= 15 is 0 Å². The molecule has 1 aliphatic rings. The number of rotatable bonds is 3. The van der Waals surface area contributed by atoms with E-state index in [1.807, 2.05) is 0 Å². The van der Waals surface area contributed by atoms with Crippen LogP contribution in [0.5, 0.6) is 0 Å². The van der Waals surface area contributed by atoms with Gasteiger partial charge < -0.3 is 10.0 Å². The summed E-state index contributed by atoms with van der Waals surface area (Å²) in [5.41, 5.74) is 0.440. The van der Waals surface area contributed by atoms with Gasteiger partial charge in [0.05, 0.1) is 11.5 Å². The first-order chi connectivity index (χ1) is 10.6. The minimum atomic E-state index is -0.850. The van der Waals surface area contributed by atoms with Gasteiger partial charge in [-0.05, 0) is 25.0 Å². The van der Waals surface area contributed by atoms with Crippen molar-refractivity contribution in [2.24, 2.45) is 5.92 Å². The van der Waals surface area contributed by atoms with E-state index in [0.29, 0.717) is 30.8 Å². The molecule has 1 fully saturated rings. The minimum Gasteiger partial charge on any atom is -0.481 e. The Bertz CT molecular complexity index is 668. The summed E-state index contributed by atoms with van der Waals surface area (Å²) >= 11 is 0. The molecule has 1 saturated heterocycles. The topological polar surface area (TPSA) is 101 Å². The third-order valence-electron chi connectivity index (χ3n) is 3.71. The van der Waals surface area contributed by atoms with Crippen LogP contribution in [0.2, 0.25) is 0 Å². The summed E-state index contributed by atoms with van der Waals surface area (Å²) in [6, 6.07) is 3.34. The van der Waals surface area contributed by atoms with E-state index in [0.717, 1.165) is 0 Å². The van der Waals surface area contributed by atoms with Gasteiger partial charge in [-0.1, -0.05) is 0 Å². The van der Waals surface area contributed by atoms with Crippen molar-refractivity contribution in [2.75, 3.05) is 13.1 Å². The van der Waals surface area contributed by atoms with Gasteiger partial charge in [-0.3, -0.25) is 9.59 Å². The van der Waals surface area contributed by atoms with Crippen LogP contribution in [0.3, 0.4) is 0 Å². The standard InChI is InChI=1S/C14H15N5O3/c20-13(18-5-1-2-11(7-18)14(21)22)10-3-4-12(16-6-10)19-9-15-8-17-19/h3-4,6,8-9,11H,1-2,5,7H2,(H,21,22)/t11-/m0/s1. The smallest absolute Gasteiger partial charge is 0.308 e. The van der Waals surface area contributed by atoms with Crippen molar-refractivity contribution in [3.8, 4) is 5.82 Å². The molecule has 3 heterocycles. The Balaban J connectivity index is 1.73. The van der Waals surface area contributed by atoms with E-state index in [1.165, 1.54) is 23.5 Å². The summed E-state index contributed by atoms with van der Waals surface area (Å²) < 4.78 is 1.50. The molecule has 2 aromatic rings. The molecule has 8 heteroatoms. The lowest BCUT2D eigenvalue weighted by atomic mass is 9.98. The number of aliphatic carboxylic acids is 1. The molecule has 0 saturated carbocycles. The highest BCUT2D eigenvalue weighted by atomic mass is 16.4. The van der Waals surface area contributed by atoms with Crippen LogP contribution in [0.1, 0.15) is 23.2 Å². The summed E-state index contributed by atoms with van der Waals surface area (Å²) in [5.74, 6) is -0.961. The number of hydrogen-bond acceptors (Lipinski definition) is 5. The van der Waals surface area contributed by atoms with Crippen LogP contribution in [-0.4, -0.2) is 54.7 Å². The second-order valence-corrected chi connectivity index (χ2v) is 5.17. The van der Waals surface area contributed by atoms with Crippen molar-refractivity contribution in [1.82, 2.24) is 24.6 Å². The van der Waals surface area contributed by atoms with Gasteiger partial charge in [0, 0.05) is 19.3 Å². The molecule has 0 radical (unpaired) electrons. The quantitative estimate of drug-likeness (QED) is 0.890. The number of piperidine rings is 1. The number of aromatic nitrogens is 4. The monoisotopic (exact) mass is 301 g/mol. The zero-order valence-electron chi connectivity index (χ0n) is 11.8. The Hall–Kier alpha value is -2.77. The van der Waals surface area contributed by atoms with E-state index in [9.17, 15) is 9.59 Å². The molecule has 2 aromatic heterocycles. The van der Waals surface area contributed by atoms with Crippen LogP contribution >= 0.6 is 0 Å². The van der Waals surface area contributed by atoms with Crippen LogP contribution in [-0.2, 0) is 4.79 Å². The largest absolute Gasteiger partial charge is 0.481 e. The fourth-order valence-corrected chi connectivity index (χ4v) is 2.52. The second kappa shape index (κ2) is 5.92. The van der Waals surface area contributed by atoms with Gasteiger partial charge in [0.25, 0.3) is 5.91 Å². The number of carboxylic acids is 1. The molecular weight excluding hydrogens is 286 g/mol.